The molecule has 5 nitrogen and oxygen atoms in total. The molecule has 82 valence electrons. The van der Waals surface area contributed by atoms with E-state index in [9.17, 15) is 9.18 Å². The van der Waals surface area contributed by atoms with E-state index < -0.39 is 11.8 Å². The standard InChI is InChI=1S/C10H8FN3O2/c11-7-4-6(10(15)16)5-8(12)9(7)14-3-1-2-13-14/h1-5H,12H2,(H,15,16). The number of halogens is 1. The van der Waals surface area contributed by atoms with Crippen molar-refractivity contribution < 1.29 is 14.3 Å². The van der Waals surface area contributed by atoms with Crippen molar-refractivity contribution in [3.63, 3.8) is 0 Å². The Morgan fingerprint density at radius 3 is 2.75 bits per heavy atom. The first-order chi connectivity index (χ1) is 7.59. The minimum Gasteiger partial charge on any atom is -0.478 e. The molecular weight excluding hydrogens is 213 g/mol. The molecule has 0 aliphatic heterocycles. The van der Waals surface area contributed by atoms with Gasteiger partial charge in [0.1, 0.15) is 5.69 Å². The number of aromatic carboxylic acids is 1. The van der Waals surface area contributed by atoms with Crippen LogP contribution in [0.25, 0.3) is 5.69 Å². The highest BCUT2D eigenvalue weighted by Gasteiger charge is 2.14. The first-order valence-electron chi connectivity index (χ1n) is 4.42. The van der Waals surface area contributed by atoms with Gasteiger partial charge in [0.15, 0.2) is 5.82 Å². The second kappa shape index (κ2) is 3.65. The first-order valence-corrected chi connectivity index (χ1v) is 4.42. The lowest BCUT2D eigenvalue weighted by Crippen LogP contribution is -2.07. The predicted octanol–water partition coefficient (Wildman–Crippen LogP) is 1.29. The SMILES string of the molecule is Nc1cc(C(=O)O)cc(F)c1-n1cccn1. The summed E-state index contributed by atoms with van der Waals surface area (Å²) >= 11 is 0. The molecule has 0 saturated heterocycles. The summed E-state index contributed by atoms with van der Waals surface area (Å²) < 4.78 is 14.9. The van der Waals surface area contributed by atoms with Crippen molar-refractivity contribution in [1.82, 2.24) is 9.78 Å². The largest absolute Gasteiger partial charge is 0.478 e. The highest BCUT2D eigenvalue weighted by Crippen LogP contribution is 2.22. The van der Waals surface area contributed by atoms with Gasteiger partial charge >= 0.3 is 5.97 Å². The van der Waals surface area contributed by atoms with Crippen molar-refractivity contribution >= 4 is 11.7 Å². The first kappa shape index (κ1) is 10.2. The molecule has 0 atom stereocenters. The average molecular weight is 221 g/mol. The summed E-state index contributed by atoms with van der Waals surface area (Å²) in [6.07, 6.45) is 3.00. The van der Waals surface area contributed by atoms with Gasteiger partial charge in [0.2, 0.25) is 0 Å². The van der Waals surface area contributed by atoms with Crippen LogP contribution in [0.15, 0.2) is 30.6 Å². The molecule has 16 heavy (non-hydrogen) atoms. The Kier molecular flexibility index (Phi) is 2.32. The molecule has 0 aliphatic carbocycles. The van der Waals surface area contributed by atoms with Crippen molar-refractivity contribution in [2.45, 2.75) is 0 Å². The second-order valence-corrected chi connectivity index (χ2v) is 3.15. The number of hydrogen-bond acceptors (Lipinski definition) is 3. The number of benzene rings is 1. The van der Waals surface area contributed by atoms with Gasteiger partial charge in [0.25, 0.3) is 0 Å². The van der Waals surface area contributed by atoms with Gasteiger partial charge in [-0.05, 0) is 18.2 Å². The fourth-order valence-corrected chi connectivity index (χ4v) is 1.39. The lowest BCUT2D eigenvalue weighted by atomic mass is 10.1. The third-order valence-corrected chi connectivity index (χ3v) is 2.07. The topological polar surface area (TPSA) is 81.1 Å². The molecule has 1 heterocycles. The van der Waals surface area contributed by atoms with E-state index in [4.69, 9.17) is 10.8 Å². The monoisotopic (exact) mass is 221 g/mol. The molecular formula is C10H8FN3O2. The van der Waals surface area contributed by atoms with E-state index in [-0.39, 0.29) is 16.9 Å². The Hall–Kier alpha value is -2.37. The summed E-state index contributed by atoms with van der Waals surface area (Å²) in [6, 6.07) is 3.72. The summed E-state index contributed by atoms with van der Waals surface area (Å²) in [4.78, 5) is 10.7. The molecule has 0 bridgehead atoms. The summed E-state index contributed by atoms with van der Waals surface area (Å²) in [5.74, 6) is -1.95. The maximum absolute atomic E-state index is 13.6. The Labute approximate surface area is 89.9 Å². The summed E-state index contributed by atoms with van der Waals surface area (Å²) in [5, 5.41) is 12.5. The fraction of sp³-hybridized carbons (Fsp3) is 0. The molecule has 0 amide bonds. The van der Waals surface area contributed by atoms with Gasteiger partial charge in [0, 0.05) is 12.4 Å². The number of hydrogen-bond donors (Lipinski definition) is 2. The molecule has 0 spiro atoms. The Morgan fingerprint density at radius 2 is 2.25 bits per heavy atom. The molecule has 2 aromatic rings. The zero-order valence-corrected chi connectivity index (χ0v) is 8.09. The molecule has 0 fully saturated rings. The lowest BCUT2D eigenvalue weighted by Gasteiger charge is -2.08. The summed E-state index contributed by atoms with van der Waals surface area (Å²) in [6.45, 7) is 0. The van der Waals surface area contributed by atoms with Gasteiger partial charge in [-0.1, -0.05) is 0 Å². The van der Waals surface area contributed by atoms with E-state index in [0.717, 1.165) is 6.07 Å². The Morgan fingerprint density at radius 1 is 1.50 bits per heavy atom. The molecule has 1 aromatic heterocycles. The number of anilines is 1. The van der Waals surface area contributed by atoms with E-state index in [1.165, 1.54) is 23.1 Å². The van der Waals surface area contributed by atoms with Crippen LogP contribution in [0.4, 0.5) is 10.1 Å². The number of rotatable bonds is 2. The number of carbonyl (C=O) groups is 1. The van der Waals surface area contributed by atoms with Gasteiger partial charge in [-0.2, -0.15) is 5.10 Å². The number of carboxylic acid groups (broad SMARTS) is 1. The van der Waals surface area contributed by atoms with Crippen LogP contribution in [-0.4, -0.2) is 20.9 Å². The molecule has 6 heteroatoms. The lowest BCUT2D eigenvalue weighted by molar-refractivity contribution is 0.0696. The third kappa shape index (κ3) is 1.60. The minimum absolute atomic E-state index is 0.0288. The number of carboxylic acids is 1. The van der Waals surface area contributed by atoms with Gasteiger partial charge in [-0.3, -0.25) is 0 Å². The Balaban J connectivity index is 2.61. The Bertz CT molecular complexity index is 514. The average Bonchev–Trinajstić information content (AvgIpc) is 2.69. The molecule has 3 N–H and O–H groups in total. The van der Waals surface area contributed by atoms with Gasteiger partial charge in [0.05, 0.1) is 11.3 Å². The summed E-state index contributed by atoms with van der Waals surface area (Å²) in [7, 11) is 0. The van der Waals surface area contributed by atoms with E-state index in [2.05, 4.69) is 5.10 Å². The smallest absolute Gasteiger partial charge is 0.335 e. The highest BCUT2D eigenvalue weighted by molar-refractivity contribution is 5.89. The summed E-state index contributed by atoms with van der Waals surface area (Å²) in [5.41, 5.74) is 5.48. The molecule has 2 rings (SSSR count). The van der Waals surface area contributed by atoms with Crippen LogP contribution in [0, 0.1) is 5.82 Å². The van der Waals surface area contributed by atoms with Crippen LogP contribution >= 0.6 is 0 Å². The van der Waals surface area contributed by atoms with E-state index in [0.29, 0.717) is 0 Å². The molecule has 0 saturated carbocycles. The van der Waals surface area contributed by atoms with Crippen LogP contribution in [0.2, 0.25) is 0 Å². The van der Waals surface area contributed by atoms with Gasteiger partial charge in [-0.15, -0.1) is 0 Å². The second-order valence-electron chi connectivity index (χ2n) is 3.15. The third-order valence-electron chi connectivity index (χ3n) is 2.07. The normalized spacial score (nSPS) is 10.3. The molecule has 1 aromatic carbocycles. The van der Waals surface area contributed by atoms with Crippen LogP contribution in [0.1, 0.15) is 10.4 Å². The van der Waals surface area contributed by atoms with Gasteiger partial charge in [-0.25, -0.2) is 13.9 Å². The maximum Gasteiger partial charge on any atom is 0.335 e. The van der Waals surface area contributed by atoms with Gasteiger partial charge < -0.3 is 10.8 Å². The number of nitrogens with two attached hydrogens (primary N) is 1. The highest BCUT2D eigenvalue weighted by atomic mass is 19.1. The number of nitrogens with zero attached hydrogens (tertiary/aromatic N) is 2. The fourth-order valence-electron chi connectivity index (χ4n) is 1.39. The minimum atomic E-state index is -1.22. The van der Waals surface area contributed by atoms with Crippen molar-refractivity contribution in [3.8, 4) is 5.69 Å². The molecule has 0 unspecified atom stereocenters. The van der Waals surface area contributed by atoms with Crippen LogP contribution in [-0.2, 0) is 0 Å². The maximum atomic E-state index is 13.6. The van der Waals surface area contributed by atoms with Crippen molar-refractivity contribution in [3.05, 3.63) is 42.0 Å². The van der Waals surface area contributed by atoms with Crippen LogP contribution in [0.5, 0.6) is 0 Å². The predicted molar refractivity (Wildman–Crippen MR) is 54.9 cm³/mol. The van der Waals surface area contributed by atoms with Crippen LogP contribution < -0.4 is 5.73 Å². The number of nitrogen functional groups attached to an aromatic ring is 1. The zero-order valence-electron chi connectivity index (χ0n) is 8.09. The van der Waals surface area contributed by atoms with Crippen molar-refractivity contribution in [1.29, 1.82) is 0 Å². The van der Waals surface area contributed by atoms with E-state index in [1.807, 2.05) is 0 Å². The van der Waals surface area contributed by atoms with Crippen molar-refractivity contribution in [2.75, 3.05) is 5.73 Å². The molecule has 0 radical (unpaired) electrons. The zero-order chi connectivity index (χ0) is 11.7. The molecule has 0 aliphatic rings. The number of aromatic nitrogens is 2. The quantitative estimate of drug-likeness (QED) is 0.749. The van der Waals surface area contributed by atoms with Crippen LogP contribution in [0.3, 0.4) is 0 Å². The van der Waals surface area contributed by atoms with E-state index >= 15 is 0 Å². The van der Waals surface area contributed by atoms with E-state index in [1.54, 1.807) is 6.07 Å². The van der Waals surface area contributed by atoms with Crippen molar-refractivity contribution in [2.24, 2.45) is 0 Å².